The third kappa shape index (κ3) is 4.84. The number of hydrogen-bond donors (Lipinski definition) is 0. The number of benzene rings is 2. The number of amides is 2. The molecule has 30 heavy (non-hydrogen) atoms. The average molecular weight is 428 g/mol. The van der Waals surface area contributed by atoms with Gasteiger partial charge in [0.25, 0.3) is 16.8 Å². The Kier molecular flexibility index (Phi) is 6.48. The van der Waals surface area contributed by atoms with Crippen molar-refractivity contribution in [3.8, 4) is 5.75 Å². The van der Waals surface area contributed by atoms with Crippen LogP contribution in [-0.2, 0) is 20.9 Å². The maximum absolute atomic E-state index is 12.7. The van der Waals surface area contributed by atoms with E-state index in [1.165, 1.54) is 31.4 Å². The van der Waals surface area contributed by atoms with Gasteiger partial charge < -0.3 is 9.47 Å². The summed E-state index contributed by atoms with van der Waals surface area (Å²) >= 11 is 0.761. The average Bonchev–Trinajstić information content (AvgIpc) is 3.00. The summed E-state index contributed by atoms with van der Waals surface area (Å²) in [6.07, 6.45) is 1.50. The number of nitro benzene ring substituents is 1. The normalized spacial score (nSPS) is 14.8. The van der Waals surface area contributed by atoms with Crippen molar-refractivity contribution in [3.05, 3.63) is 74.7 Å². The van der Waals surface area contributed by atoms with Gasteiger partial charge in [0.15, 0.2) is 6.61 Å². The Bertz CT molecular complexity index is 1050. The molecular weight excluding hydrogens is 412 g/mol. The summed E-state index contributed by atoms with van der Waals surface area (Å²) in [5.74, 6) is -0.713. The minimum absolute atomic E-state index is 0.0792. The Labute approximate surface area is 175 Å². The van der Waals surface area contributed by atoms with Crippen molar-refractivity contribution >= 4 is 40.6 Å². The summed E-state index contributed by atoms with van der Waals surface area (Å²) in [7, 11) is 1.24. The van der Waals surface area contributed by atoms with Crippen molar-refractivity contribution in [3.63, 3.8) is 0 Å². The zero-order valence-corrected chi connectivity index (χ0v) is 16.6. The Hall–Kier alpha value is -3.66. The monoisotopic (exact) mass is 428 g/mol. The molecule has 1 aliphatic heterocycles. The van der Waals surface area contributed by atoms with Crippen LogP contribution in [0.4, 0.5) is 10.5 Å². The highest BCUT2D eigenvalue weighted by atomic mass is 32.2. The quantitative estimate of drug-likeness (QED) is 0.285. The largest absolute Gasteiger partial charge is 0.481 e. The second kappa shape index (κ2) is 9.23. The summed E-state index contributed by atoms with van der Waals surface area (Å²) in [5.41, 5.74) is 0.864. The number of nitrogens with zero attached hydrogens (tertiary/aromatic N) is 2. The molecule has 9 nitrogen and oxygen atoms in total. The highest BCUT2D eigenvalue weighted by Crippen LogP contribution is 2.35. The van der Waals surface area contributed by atoms with Gasteiger partial charge >= 0.3 is 5.97 Å². The number of thioether (sulfide) groups is 1. The van der Waals surface area contributed by atoms with Crippen LogP contribution >= 0.6 is 11.8 Å². The van der Waals surface area contributed by atoms with Crippen molar-refractivity contribution in [1.82, 2.24) is 4.90 Å². The fourth-order valence-corrected chi connectivity index (χ4v) is 3.48. The summed E-state index contributed by atoms with van der Waals surface area (Å²) < 4.78 is 9.96. The minimum Gasteiger partial charge on any atom is -0.481 e. The number of rotatable bonds is 7. The fourth-order valence-electron chi connectivity index (χ4n) is 2.66. The summed E-state index contributed by atoms with van der Waals surface area (Å²) in [6.45, 7) is -0.375. The summed E-state index contributed by atoms with van der Waals surface area (Å²) in [6, 6.07) is 12.5. The van der Waals surface area contributed by atoms with Gasteiger partial charge in [-0.05, 0) is 29.5 Å². The van der Waals surface area contributed by atoms with Gasteiger partial charge in [-0.2, -0.15) is 0 Å². The molecule has 0 saturated carbocycles. The van der Waals surface area contributed by atoms with Gasteiger partial charge in [-0.3, -0.25) is 24.6 Å². The number of hydrogen-bond acceptors (Lipinski definition) is 8. The molecule has 1 aliphatic rings. The Morgan fingerprint density at radius 2 is 1.97 bits per heavy atom. The van der Waals surface area contributed by atoms with Gasteiger partial charge in [0.2, 0.25) is 0 Å². The topological polar surface area (TPSA) is 116 Å². The lowest BCUT2D eigenvalue weighted by Gasteiger charge is -2.12. The van der Waals surface area contributed by atoms with E-state index in [2.05, 4.69) is 4.74 Å². The molecule has 2 amide bonds. The molecule has 154 valence electrons. The number of imide groups is 1. The van der Waals surface area contributed by atoms with Crippen LogP contribution in [0.15, 0.2) is 53.4 Å². The van der Waals surface area contributed by atoms with E-state index in [0.717, 1.165) is 16.7 Å². The molecule has 1 heterocycles. The first kappa shape index (κ1) is 21.1. The van der Waals surface area contributed by atoms with Gasteiger partial charge in [0, 0.05) is 17.7 Å². The molecule has 2 aromatic carbocycles. The standard InChI is InChI=1S/C20H16N2O7S/c1-28-18(23)12-29-16-8-3-2-6-14(16)10-17-19(24)21(20(25)30-17)11-13-5-4-7-15(9-13)22(26)27/h2-10H,11-12H2,1H3/b17-10+. The molecular formula is C20H16N2O7S. The molecule has 0 N–H and O–H groups in total. The van der Waals surface area contributed by atoms with E-state index in [9.17, 15) is 24.5 Å². The SMILES string of the molecule is COC(=O)COc1ccccc1/C=C1/SC(=O)N(Cc2cccc([N+](=O)[O-])c2)C1=O. The molecule has 0 aromatic heterocycles. The molecule has 1 saturated heterocycles. The van der Waals surface area contributed by atoms with Gasteiger partial charge in [-0.25, -0.2) is 4.79 Å². The van der Waals surface area contributed by atoms with Crippen molar-refractivity contribution in [2.24, 2.45) is 0 Å². The maximum Gasteiger partial charge on any atom is 0.343 e. The van der Waals surface area contributed by atoms with E-state index in [1.807, 2.05) is 0 Å². The Balaban J connectivity index is 1.79. The van der Waals surface area contributed by atoms with Crippen molar-refractivity contribution in [1.29, 1.82) is 0 Å². The first-order chi connectivity index (χ1) is 14.4. The number of para-hydroxylation sites is 1. The maximum atomic E-state index is 12.7. The number of nitro groups is 1. The van der Waals surface area contributed by atoms with Gasteiger partial charge in [-0.15, -0.1) is 0 Å². The lowest BCUT2D eigenvalue weighted by molar-refractivity contribution is -0.384. The summed E-state index contributed by atoms with van der Waals surface area (Å²) in [4.78, 5) is 48.0. The van der Waals surface area contributed by atoms with Crippen LogP contribution in [0.5, 0.6) is 5.75 Å². The number of non-ortho nitro benzene ring substituents is 1. The number of methoxy groups -OCH3 is 1. The highest BCUT2D eigenvalue weighted by molar-refractivity contribution is 8.18. The lowest BCUT2D eigenvalue weighted by atomic mass is 10.1. The molecule has 0 spiro atoms. The first-order valence-corrected chi connectivity index (χ1v) is 9.48. The second-order valence-electron chi connectivity index (χ2n) is 6.10. The Morgan fingerprint density at radius 3 is 2.70 bits per heavy atom. The predicted octanol–water partition coefficient (Wildman–Crippen LogP) is 3.38. The van der Waals surface area contributed by atoms with Crippen molar-refractivity contribution in [2.75, 3.05) is 13.7 Å². The van der Waals surface area contributed by atoms with Crippen LogP contribution in [0.1, 0.15) is 11.1 Å². The van der Waals surface area contributed by atoms with Gasteiger partial charge in [-0.1, -0.05) is 30.3 Å². The number of carbonyl (C=O) groups excluding carboxylic acids is 3. The highest BCUT2D eigenvalue weighted by Gasteiger charge is 2.35. The van der Waals surface area contributed by atoms with E-state index in [0.29, 0.717) is 16.9 Å². The smallest absolute Gasteiger partial charge is 0.343 e. The molecule has 1 fully saturated rings. The van der Waals surface area contributed by atoms with Gasteiger partial charge in [0.1, 0.15) is 5.75 Å². The molecule has 10 heteroatoms. The van der Waals surface area contributed by atoms with Crippen LogP contribution in [0, 0.1) is 10.1 Å². The molecule has 2 aromatic rings. The van der Waals surface area contributed by atoms with Crippen LogP contribution in [0.25, 0.3) is 6.08 Å². The molecule has 0 unspecified atom stereocenters. The number of ether oxygens (including phenoxy) is 2. The number of esters is 1. The van der Waals surface area contributed by atoms with E-state index >= 15 is 0 Å². The third-order valence-electron chi connectivity index (χ3n) is 4.11. The molecule has 3 rings (SSSR count). The van der Waals surface area contributed by atoms with Crippen LogP contribution in [0.2, 0.25) is 0 Å². The molecule has 0 aliphatic carbocycles. The van der Waals surface area contributed by atoms with Crippen LogP contribution < -0.4 is 4.74 Å². The predicted molar refractivity (Wildman–Crippen MR) is 109 cm³/mol. The zero-order chi connectivity index (χ0) is 21.7. The van der Waals surface area contributed by atoms with E-state index < -0.39 is 22.0 Å². The van der Waals surface area contributed by atoms with Crippen LogP contribution in [-0.4, -0.2) is 40.7 Å². The summed E-state index contributed by atoms with van der Waals surface area (Å²) in [5, 5.41) is 10.4. The first-order valence-electron chi connectivity index (χ1n) is 8.66. The fraction of sp³-hybridized carbons (Fsp3) is 0.150. The minimum atomic E-state index is -0.554. The van der Waals surface area contributed by atoms with E-state index in [4.69, 9.17) is 4.74 Å². The number of carbonyl (C=O) groups is 3. The van der Waals surface area contributed by atoms with E-state index in [1.54, 1.807) is 30.3 Å². The van der Waals surface area contributed by atoms with Crippen molar-refractivity contribution in [2.45, 2.75) is 6.54 Å². The Morgan fingerprint density at radius 1 is 1.20 bits per heavy atom. The zero-order valence-electron chi connectivity index (χ0n) is 15.8. The third-order valence-corrected chi connectivity index (χ3v) is 5.02. The van der Waals surface area contributed by atoms with E-state index in [-0.39, 0.29) is 23.7 Å². The lowest BCUT2D eigenvalue weighted by Crippen LogP contribution is -2.27. The van der Waals surface area contributed by atoms with Crippen LogP contribution in [0.3, 0.4) is 0 Å². The second-order valence-corrected chi connectivity index (χ2v) is 7.09. The molecule has 0 bridgehead atoms. The molecule has 0 radical (unpaired) electrons. The van der Waals surface area contributed by atoms with Crippen molar-refractivity contribution < 1.29 is 28.8 Å². The van der Waals surface area contributed by atoms with Gasteiger partial charge in [0.05, 0.1) is 23.5 Å². The molecule has 0 atom stereocenters.